The zero-order valence-electron chi connectivity index (χ0n) is 12.6. The number of rotatable bonds is 3. The van der Waals surface area contributed by atoms with Crippen LogP contribution in [0.4, 0.5) is 14.9 Å². The fourth-order valence-electron chi connectivity index (χ4n) is 2.83. The van der Waals surface area contributed by atoms with Gasteiger partial charge >= 0.3 is 6.03 Å². The second kappa shape index (κ2) is 6.50. The highest BCUT2D eigenvalue weighted by molar-refractivity contribution is 7.84. The Bertz CT molecular complexity index is 754. The highest BCUT2D eigenvalue weighted by atomic mass is 32.2. The predicted octanol–water partition coefficient (Wildman–Crippen LogP) is 2.85. The average Bonchev–Trinajstić information content (AvgIpc) is 2.88. The van der Waals surface area contributed by atoms with Gasteiger partial charge in [0.2, 0.25) is 0 Å². The van der Waals surface area contributed by atoms with Crippen molar-refractivity contribution in [2.24, 2.45) is 0 Å². The van der Waals surface area contributed by atoms with Gasteiger partial charge in [0.1, 0.15) is 5.82 Å². The van der Waals surface area contributed by atoms with Gasteiger partial charge < -0.3 is 10.6 Å². The molecule has 6 heteroatoms. The van der Waals surface area contributed by atoms with Crippen LogP contribution in [0.1, 0.15) is 11.1 Å². The number of benzene rings is 2. The maximum atomic E-state index is 13.8. The van der Waals surface area contributed by atoms with Crippen LogP contribution in [0.2, 0.25) is 0 Å². The summed E-state index contributed by atoms with van der Waals surface area (Å²) in [6.07, 6.45) is 3.01. The van der Waals surface area contributed by atoms with E-state index in [4.69, 9.17) is 0 Å². The van der Waals surface area contributed by atoms with Gasteiger partial charge in [0.25, 0.3) is 0 Å². The molecular formula is C17H17FN2O2S. The third kappa shape index (κ3) is 3.59. The first-order chi connectivity index (χ1) is 11.0. The van der Waals surface area contributed by atoms with Gasteiger partial charge in [-0.3, -0.25) is 4.21 Å². The summed E-state index contributed by atoms with van der Waals surface area (Å²) in [7, 11) is -1.39. The minimum absolute atomic E-state index is 0.0414. The topological polar surface area (TPSA) is 58.2 Å². The van der Waals surface area contributed by atoms with E-state index in [1.54, 1.807) is 6.07 Å². The molecule has 0 heterocycles. The molecule has 1 atom stereocenters. The molecule has 2 aromatic carbocycles. The van der Waals surface area contributed by atoms with Gasteiger partial charge in [-0.1, -0.05) is 24.3 Å². The fraction of sp³-hybridized carbons (Fsp3) is 0.235. The van der Waals surface area contributed by atoms with Gasteiger partial charge in [-0.25, -0.2) is 9.18 Å². The summed E-state index contributed by atoms with van der Waals surface area (Å²) in [6, 6.07) is 11.9. The molecule has 0 aliphatic heterocycles. The highest BCUT2D eigenvalue weighted by Crippen LogP contribution is 2.22. The number of halogens is 1. The number of fused-ring (bicyclic) bond motifs is 1. The first-order valence-electron chi connectivity index (χ1n) is 7.30. The van der Waals surface area contributed by atoms with Crippen molar-refractivity contribution < 1.29 is 13.4 Å². The van der Waals surface area contributed by atoms with E-state index >= 15 is 0 Å². The van der Waals surface area contributed by atoms with Crippen LogP contribution in [-0.4, -0.2) is 22.5 Å². The molecule has 0 spiro atoms. The van der Waals surface area contributed by atoms with E-state index < -0.39 is 16.6 Å². The van der Waals surface area contributed by atoms with Crippen LogP contribution < -0.4 is 10.6 Å². The van der Waals surface area contributed by atoms with Crippen molar-refractivity contribution in [1.29, 1.82) is 0 Å². The second-order valence-corrected chi connectivity index (χ2v) is 6.92. The van der Waals surface area contributed by atoms with Crippen LogP contribution in [0, 0.1) is 5.82 Å². The Balaban J connectivity index is 1.60. The van der Waals surface area contributed by atoms with E-state index in [2.05, 4.69) is 22.8 Å². The highest BCUT2D eigenvalue weighted by Gasteiger charge is 2.22. The smallest absolute Gasteiger partial charge is 0.319 e. The van der Waals surface area contributed by atoms with Crippen molar-refractivity contribution in [3.8, 4) is 0 Å². The van der Waals surface area contributed by atoms with Crippen molar-refractivity contribution >= 4 is 22.5 Å². The molecule has 1 aliphatic rings. The Hall–Kier alpha value is -2.21. The molecule has 2 aromatic rings. The van der Waals surface area contributed by atoms with Gasteiger partial charge in [0.15, 0.2) is 0 Å². The van der Waals surface area contributed by atoms with E-state index in [0.717, 1.165) is 12.8 Å². The van der Waals surface area contributed by atoms with Crippen molar-refractivity contribution in [1.82, 2.24) is 5.32 Å². The molecule has 1 aliphatic carbocycles. The number of nitrogens with one attached hydrogen (secondary N) is 2. The molecule has 2 N–H and O–H groups in total. The monoisotopic (exact) mass is 332 g/mol. The molecule has 0 fully saturated rings. The van der Waals surface area contributed by atoms with Gasteiger partial charge in [-0.15, -0.1) is 0 Å². The Morgan fingerprint density at radius 3 is 2.39 bits per heavy atom. The first-order valence-corrected chi connectivity index (χ1v) is 8.86. The van der Waals surface area contributed by atoms with Crippen LogP contribution in [0.3, 0.4) is 0 Å². The Labute approximate surface area is 136 Å². The van der Waals surface area contributed by atoms with Crippen molar-refractivity contribution in [3.63, 3.8) is 0 Å². The van der Waals surface area contributed by atoms with Crippen LogP contribution in [0.25, 0.3) is 0 Å². The SMILES string of the molecule is C[S@](=O)c1ccc(NC(=O)NC2Cc3ccccc3C2)cc1F. The largest absolute Gasteiger partial charge is 0.334 e. The Morgan fingerprint density at radius 2 is 1.83 bits per heavy atom. The summed E-state index contributed by atoms with van der Waals surface area (Å²) in [5.74, 6) is -0.586. The van der Waals surface area contributed by atoms with Crippen LogP contribution >= 0.6 is 0 Å². The van der Waals surface area contributed by atoms with Gasteiger partial charge in [-0.05, 0) is 42.2 Å². The predicted molar refractivity (Wildman–Crippen MR) is 88.5 cm³/mol. The summed E-state index contributed by atoms with van der Waals surface area (Å²) < 4.78 is 25.1. The van der Waals surface area contributed by atoms with Crippen LogP contribution in [0.15, 0.2) is 47.4 Å². The van der Waals surface area contributed by atoms with Gasteiger partial charge in [0.05, 0.1) is 15.7 Å². The van der Waals surface area contributed by atoms with Crippen molar-refractivity contribution in [2.45, 2.75) is 23.8 Å². The van der Waals surface area contributed by atoms with E-state index in [1.807, 2.05) is 12.1 Å². The lowest BCUT2D eigenvalue weighted by Gasteiger charge is -2.13. The number of hydrogen-bond donors (Lipinski definition) is 2. The zero-order valence-corrected chi connectivity index (χ0v) is 13.5. The maximum Gasteiger partial charge on any atom is 0.319 e. The quantitative estimate of drug-likeness (QED) is 0.908. The van der Waals surface area contributed by atoms with Crippen molar-refractivity contribution in [3.05, 3.63) is 59.4 Å². The van der Waals surface area contributed by atoms with Crippen molar-refractivity contribution in [2.75, 3.05) is 11.6 Å². The van der Waals surface area contributed by atoms with Gasteiger partial charge in [0, 0.05) is 18.0 Å². The molecule has 23 heavy (non-hydrogen) atoms. The minimum atomic E-state index is -1.39. The lowest BCUT2D eigenvalue weighted by Crippen LogP contribution is -2.38. The average molecular weight is 332 g/mol. The summed E-state index contributed by atoms with van der Waals surface area (Å²) in [4.78, 5) is 12.2. The summed E-state index contributed by atoms with van der Waals surface area (Å²) >= 11 is 0. The molecule has 120 valence electrons. The normalized spacial score (nSPS) is 15.0. The lowest BCUT2D eigenvalue weighted by molar-refractivity contribution is 0.249. The molecule has 0 radical (unpaired) electrons. The summed E-state index contributed by atoms with van der Waals surface area (Å²) in [5, 5.41) is 5.51. The number of anilines is 1. The van der Waals surface area contributed by atoms with E-state index in [9.17, 15) is 13.4 Å². The lowest BCUT2D eigenvalue weighted by atomic mass is 10.1. The van der Waals surface area contributed by atoms with Gasteiger partial charge in [-0.2, -0.15) is 0 Å². The molecular weight excluding hydrogens is 315 g/mol. The summed E-state index contributed by atoms with van der Waals surface area (Å²) in [5.41, 5.74) is 2.84. The third-order valence-corrected chi connectivity index (χ3v) is 4.84. The molecule has 0 aromatic heterocycles. The van der Waals surface area contributed by atoms with E-state index in [0.29, 0.717) is 5.69 Å². The molecule has 0 saturated carbocycles. The Kier molecular flexibility index (Phi) is 4.43. The van der Waals surface area contributed by atoms with E-state index in [1.165, 1.54) is 29.5 Å². The molecule has 0 unspecified atom stereocenters. The first kappa shape index (κ1) is 15.7. The molecule has 2 amide bonds. The Morgan fingerprint density at radius 1 is 1.17 bits per heavy atom. The number of hydrogen-bond acceptors (Lipinski definition) is 2. The molecule has 0 bridgehead atoms. The third-order valence-electron chi connectivity index (χ3n) is 3.89. The molecule has 4 nitrogen and oxygen atoms in total. The number of carbonyl (C=O) groups excluding carboxylic acids is 1. The molecule has 0 saturated heterocycles. The molecule has 3 rings (SSSR count). The number of carbonyl (C=O) groups is 1. The van der Waals surface area contributed by atoms with Crippen LogP contribution in [-0.2, 0) is 23.6 Å². The fourth-order valence-corrected chi connectivity index (χ4v) is 3.42. The van der Waals surface area contributed by atoms with E-state index in [-0.39, 0.29) is 17.0 Å². The number of urea groups is 1. The second-order valence-electron chi connectivity index (χ2n) is 5.57. The summed E-state index contributed by atoms with van der Waals surface area (Å²) in [6.45, 7) is 0. The standard InChI is InChI=1S/C17H17FN2O2S/c1-23(22)16-7-6-13(10-15(16)18)19-17(21)20-14-8-11-4-2-3-5-12(11)9-14/h2-7,10,14H,8-9H2,1H3,(H2,19,20,21)/t23-/m0/s1. The minimum Gasteiger partial charge on any atom is -0.334 e. The number of amides is 2. The van der Waals surface area contributed by atoms with Crippen LogP contribution in [0.5, 0.6) is 0 Å². The maximum absolute atomic E-state index is 13.8. The zero-order chi connectivity index (χ0) is 16.4.